The average Bonchev–Trinajstić information content (AvgIpc) is 2.74. The number of hydrogen-bond acceptors (Lipinski definition) is 6. The van der Waals surface area contributed by atoms with Gasteiger partial charge in [0, 0.05) is 35.4 Å². The van der Waals surface area contributed by atoms with Gasteiger partial charge in [0.1, 0.15) is 17.1 Å². The molecule has 33 heavy (non-hydrogen) atoms. The van der Waals surface area contributed by atoms with E-state index in [2.05, 4.69) is 34.4 Å². The zero-order valence-electron chi connectivity index (χ0n) is 17.9. The van der Waals surface area contributed by atoms with Crippen LogP contribution in [0.3, 0.4) is 0 Å². The molecule has 7 nitrogen and oxygen atoms in total. The molecule has 5 rings (SSSR count). The molecule has 3 heterocycles. The molecule has 0 saturated carbocycles. The molecule has 0 radical (unpaired) electrons. The van der Waals surface area contributed by atoms with Crippen molar-refractivity contribution < 1.29 is 13.9 Å². The molecule has 0 spiro atoms. The fourth-order valence-corrected chi connectivity index (χ4v) is 5.05. The number of fused-ring (bicyclic) bond motifs is 2. The standard InChI is InChI=1S/C23H20Cl2FN5O2/c1-23(2)10-27-8-12-6-13(7-16(25)18(12)23)29-22-28-9-14-20(30-22)33-11-31(21(14)32)19-15(24)4-3-5-17(19)26/h3-7,9,27H,8,10-11H2,1-2H3,(H,28,29,30). The third-order valence-electron chi connectivity index (χ3n) is 5.75. The second-order valence-electron chi connectivity index (χ2n) is 8.59. The van der Waals surface area contributed by atoms with Crippen LogP contribution >= 0.6 is 23.2 Å². The number of para-hydroxylation sites is 1. The highest BCUT2D eigenvalue weighted by atomic mass is 35.5. The van der Waals surface area contributed by atoms with Gasteiger partial charge in [-0.15, -0.1) is 0 Å². The highest BCUT2D eigenvalue weighted by molar-refractivity contribution is 6.34. The lowest BCUT2D eigenvalue weighted by molar-refractivity contribution is 0.0931. The lowest BCUT2D eigenvalue weighted by atomic mass is 9.79. The van der Waals surface area contributed by atoms with E-state index in [0.29, 0.717) is 11.6 Å². The third kappa shape index (κ3) is 3.88. The first kappa shape index (κ1) is 21.9. The molecule has 2 N–H and O–H groups in total. The van der Waals surface area contributed by atoms with Crippen molar-refractivity contribution in [2.75, 3.05) is 23.5 Å². The number of ether oxygens (including phenoxy) is 1. The predicted molar refractivity (Wildman–Crippen MR) is 125 cm³/mol. The Hall–Kier alpha value is -2.94. The molecule has 3 aromatic rings. The van der Waals surface area contributed by atoms with Crippen molar-refractivity contribution in [1.29, 1.82) is 0 Å². The Morgan fingerprint density at radius 1 is 1.24 bits per heavy atom. The number of nitrogens with zero attached hydrogens (tertiary/aromatic N) is 3. The van der Waals surface area contributed by atoms with Crippen LogP contribution in [0.1, 0.15) is 35.3 Å². The summed E-state index contributed by atoms with van der Waals surface area (Å²) in [6, 6.07) is 8.05. The van der Waals surface area contributed by atoms with E-state index in [9.17, 15) is 9.18 Å². The second-order valence-corrected chi connectivity index (χ2v) is 9.41. The maximum atomic E-state index is 14.3. The molecule has 1 amide bonds. The monoisotopic (exact) mass is 487 g/mol. The SMILES string of the molecule is CC1(C)CNCc2cc(Nc3ncc4c(n3)OCN(c3c(F)cccc3Cl)C4=O)cc(Cl)c21. The Morgan fingerprint density at radius 3 is 2.85 bits per heavy atom. The Labute approximate surface area is 199 Å². The Balaban J connectivity index is 1.42. The zero-order valence-corrected chi connectivity index (χ0v) is 19.4. The number of anilines is 3. The Kier molecular flexibility index (Phi) is 5.39. The molecule has 1 aromatic heterocycles. The van der Waals surface area contributed by atoms with Crippen molar-refractivity contribution in [2.45, 2.75) is 25.8 Å². The van der Waals surface area contributed by atoms with Crippen molar-refractivity contribution in [2.24, 2.45) is 0 Å². The summed E-state index contributed by atoms with van der Waals surface area (Å²) >= 11 is 12.7. The van der Waals surface area contributed by atoms with Crippen LogP contribution in [0, 0.1) is 5.82 Å². The normalized spacial score (nSPS) is 16.6. The number of halogens is 3. The molecule has 0 fully saturated rings. The number of benzene rings is 2. The number of carbonyl (C=O) groups is 1. The van der Waals surface area contributed by atoms with Gasteiger partial charge in [0.2, 0.25) is 11.8 Å². The molecule has 0 atom stereocenters. The van der Waals surface area contributed by atoms with Gasteiger partial charge in [-0.3, -0.25) is 9.69 Å². The van der Waals surface area contributed by atoms with Gasteiger partial charge < -0.3 is 15.4 Å². The highest BCUT2D eigenvalue weighted by Gasteiger charge is 2.32. The number of nitrogens with one attached hydrogen (secondary N) is 2. The van der Waals surface area contributed by atoms with Crippen molar-refractivity contribution in [3.05, 3.63) is 69.1 Å². The van der Waals surface area contributed by atoms with E-state index in [1.807, 2.05) is 12.1 Å². The fraction of sp³-hybridized carbons (Fsp3) is 0.261. The Morgan fingerprint density at radius 2 is 2.06 bits per heavy atom. The van der Waals surface area contributed by atoms with Crippen LogP contribution in [-0.4, -0.2) is 29.2 Å². The molecule has 0 bridgehead atoms. The lowest BCUT2D eigenvalue weighted by Gasteiger charge is -2.34. The predicted octanol–water partition coefficient (Wildman–Crippen LogP) is 5.04. The van der Waals surface area contributed by atoms with E-state index in [1.54, 1.807) is 0 Å². The van der Waals surface area contributed by atoms with Crippen molar-refractivity contribution >= 4 is 46.4 Å². The lowest BCUT2D eigenvalue weighted by Crippen LogP contribution is -2.40. The van der Waals surface area contributed by atoms with Crippen LogP contribution < -0.4 is 20.3 Å². The summed E-state index contributed by atoms with van der Waals surface area (Å²) in [6.07, 6.45) is 1.35. The zero-order chi connectivity index (χ0) is 23.3. The van der Waals surface area contributed by atoms with E-state index < -0.39 is 11.7 Å². The first-order valence-corrected chi connectivity index (χ1v) is 11.1. The average molecular weight is 488 g/mol. The van der Waals surface area contributed by atoms with Crippen LogP contribution in [0.5, 0.6) is 5.88 Å². The van der Waals surface area contributed by atoms with Gasteiger partial charge in [-0.05, 0) is 35.4 Å². The molecule has 2 aromatic carbocycles. The molecular formula is C23H20Cl2FN5O2. The minimum absolute atomic E-state index is 0.0442. The van der Waals surface area contributed by atoms with Crippen LogP contribution in [0.4, 0.5) is 21.7 Å². The molecule has 2 aliphatic rings. The molecule has 2 aliphatic heterocycles. The fourth-order valence-electron chi connectivity index (χ4n) is 4.29. The van der Waals surface area contributed by atoms with Gasteiger partial charge >= 0.3 is 0 Å². The molecular weight excluding hydrogens is 468 g/mol. The van der Waals surface area contributed by atoms with Crippen molar-refractivity contribution in [3.8, 4) is 5.88 Å². The maximum absolute atomic E-state index is 14.3. The summed E-state index contributed by atoms with van der Waals surface area (Å²) in [5.41, 5.74) is 2.94. The van der Waals surface area contributed by atoms with Gasteiger partial charge in [-0.1, -0.05) is 43.1 Å². The van der Waals surface area contributed by atoms with E-state index in [4.69, 9.17) is 27.9 Å². The smallest absolute Gasteiger partial charge is 0.268 e. The number of carbonyl (C=O) groups excluding carboxylic acids is 1. The van der Waals surface area contributed by atoms with Gasteiger partial charge in [-0.2, -0.15) is 4.98 Å². The largest absolute Gasteiger partial charge is 0.455 e. The summed E-state index contributed by atoms with van der Waals surface area (Å²) in [7, 11) is 0. The summed E-state index contributed by atoms with van der Waals surface area (Å²) in [5.74, 6) is -0.768. The van der Waals surface area contributed by atoms with Crippen LogP contribution in [0.25, 0.3) is 0 Å². The van der Waals surface area contributed by atoms with Crippen LogP contribution in [0.15, 0.2) is 36.5 Å². The van der Waals surface area contributed by atoms with Crippen LogP contribution in [0.2, 0.25) is 10.0 Å². The topological polar surface area (TPSA) is 79.4 Å². The number of hydrogen-bond donors (Lipinski definition) is 2. The quantitative estimate of drug-likeness (QED) is 0.538. The molecule has 170 valence electrons. The van der Waals surface area contributed by atoms with Gasteiger partial charge in [0.05, 0.1) is 5.02 Å². The number of amides is 1. The van der Waals surface area contributed by atoms with Crippen molar-refractivity contribution in [1.82, 2.24) is 15.3 Å². The van der Waals surface area contributed by atoms with Gasteiger partial charge in [0.25, 0.3) is 5.91 Å². The van der Waals surface area contributed by atoms with E-state index in [0.717, 1.165) is 28.3 Å². The van der Waals surface area contributed by atoms with E-state index >= 15 is 0 Å². The minimum Gasteiger partial charge on any atom is -0.455 e. The van der Waals surface area contributed by atoms with E-state index in [1.165, 1.54) is 24.4 Å². The summed E-state index contributed by atoms with van der Waals surface area (Å²) in [4.78, 5) is 22.6. The molecule has 0 unspecified atom stereocenters. The number of aromatic nitrogens is 2. The third-order valence-corrected chi connectivity index (χ3v) is 6.36. The first-order valence-electron chi connectivity index (χ1n) is 10.3. The van der Waals surface area contributed by atoms with Crippen LogP contribution in [-0.2, 0) is 12.0 Å². The molecule has 0 saturated heterocycles. The van der Waals surface area contributed by atoms with Gasteiger partial charge in [0.15, 0.2) is 6.73 Å². The highest BCUT2D eigenvalue weighted by Crippen LogP contribution is 2.38. The minimum atomic E-state index is -0.621. The molecule has 0 aliphatic carbocycles. The summed E-state index contributed by atoms with van der Waals surface area (Å²) < 4.78 is 19.9. The second kappa shape index (κ2) is 8.13. The Bertz CT molecular complexity index is 1260. The summed E-state index contributed by atoms with van der Waals surface area (Å²) in [5, 5.41) is 7.31. The van der Waals surface area contributed by atoms with Crippen molar-refractivity contribution in [3.63, 3.8) is 0 Å². The summed E-state index contributed by atoms with van der Waals surface area (Å²) in [6.45, 7) is 5.63. The number of rotatable bonds is 3. The van der Waals surface area contributed by atoms with Gasteiger partial charge in [-0.25, -0.2) is 9.37 Å². The first-order chi connectivity index (χ1) is 15.7. The molecule has 10 heteroatoms. The van der Waals surface area contributed by atoms with E-state index in [-0.39, 0.29) is 40.2 Å². The maximum Gasteiger partial charge on any atom is 0.268 e.